The van der Waals surface area contributed by atoms with E-state index in [2.05, 4.69) is 12.2 Å². The van der Waals surface area contributed by atoms with Crippen molar-refractivity contribution in [1.29, 1.82) is 0 Å². The Kier molecular flexibility index (Phi) is 5.12. The average Bonchev–Trinajstić information content (AvgIpc) is 2.19. The molecule has 2 atom stereocenters. The average molecular weight is 199 g/mol. The van der Waals surface area contributed by atoms with Crippen molar-refractivity contribution in [1.82, 2.24) is 5.32 Å². The van der Waals surface area contributed by atoms with Crippen LogP contribution in [0, 0.1) is 5.92 Å². The summed E-state index contributed by atoms with van der Waals surface area (Å²) in [6.45, 7) is 6.47. The van der Waals surface area contributed by atoms with Crippen LogP contribution in [0.5, 0.6) is 0 Å². The molecular weight excluding hydrogens is 178 g/mol. The first-order chi connectivity index (χ1) is 6.74. The fraction of sp³-hybridized carbons (Fsp3) is 0.909. The lowest BCUT2D eigenvalue weighted by Gasteiger charge is -2.24. The van der Waals surface area contributed by atoms with E-state index in [9.17, 15) is 4.79 Å². The number of morpholine rings is 1. The van der Waals surface area contributed by atoms with Gasteiger partial charge in [0.2, 0.25) is 0 Å². The van der Waals surface area contributed by atoms with Crippen molar-refractivity contribution in [2.45, 2.75) is 39.2 Å². The smallest absolute Gasteiger partial charge is 0.137 e. The lowest BCUT2D eigenvalue weighted by atomic mass is 9.96. The number of carbonyl (C=O) groups is 1. The van der Waals surface area contributed by atoms with E-state index in [0.29, 0.717) is 18.8 Å². The Hall–Kier alpha value is -0.410. The van der Waals surface area contributed by atoms with Crippen LogP contribution in [-0.4, -0.2) is 31.6 Å². The predicted octanol–water partition coefficient (Wildman–Crippen LogP) is 1.37. The van der Waals surface area contributed by atoms with E-state index < -0.39 is 0 Å². The Bertz CT molecular complexity index is 176. The summed E-state index contributed by atoms with van der Waals surface area (Å²) in [6, 6.07) is 0.246. The van der Waals surface area contributed by atoms with E-state index in [1.165, 1.54) is 0 Å². The number of hydrogen-bond donors (Lipinski definition) is 1. The third-order valence-corrected chi connectivity index (χ3v) is 2.72. The van der Waals surface area contributed by atoms with Crippen molar-refractivity contribution < 1.29 is 9.53 Å². The van der Waals surface area contributed by atoms with E-state index in [-0.39, 0.29) is 12.0 Å². The maximum absolute atomic E-state index is 11.7. The minimum absolute atomic E-state index is 0.212. The minimum Gasteiger partial charge on any atom is -0.379 e. The Labute approximate surface area is 86.2 Å². The van der Waals surface area contributed by atoms with Crippen LogP contribution >= 0.6 is 0 Å². The third-order valence-electron chi connectivity index (χ3n) is 2.72. The number of ether oxygens (including phenoxy) is 1. The SMILES string of the molecule is CCCC(C)C(=O)CC1COCCN1. The quantitative estimate of drug-likeness (QED) is 0.726. The van der Waals surface area contributed by atoms with Gasteiger partial charge in [-0.1, -0.05) is 20.3 Å². The second kappa shape index (κ2) is 6.14. The molecule has 14 heavy (non-hydrogen) atoms. The van der Waals surface area contributed by atoms with Crippen LogP contribution < -0.4 is 5.32 Å². The summed E-state index contributed by atoms with van der Waals surface area (Å²) in [4.78, 5) is 11.7. The standard InChI is InChI=1S/C11H21NO2/c1-3-4-9(2)11(13)7-10-8-14-6-5-12-10/h9-10,12H,3-8H2,1-2H3. The van der Waals surface area contributed by atoms with Crippen LogP contribution in [0.3, 0.4) is 0 Å². The summed E-state index contributed by atoms with van der Waals surface area (Å²) in [5, 5.41) is 3.30. The van der Waals surface area contributed by atoms with Crippen LogP contribution in [0.25, 0.3) is 0 Å². The van der Waals surface area contributed by atoms with Crippen LogP contribution in [0.2, 0.25) is 0 Å². The normalized spacial score (nSPS) is 24.6. The Morgan fingerprint density at radius 2 is 2.43 bits per heavy atom. The van der Waals surface area contributed by atoms with Gasteiger partial charge in [0.15, 0.2) is 0 Å². The molecule has 1 heterocycles. The van der Waals surface area contributed by atoms with Crippen LogP contribution in [0.1, 0.15) is 33.1 Å². The van der Waals surface area contributed by atoms with Crippen LogP contribution in [-0.2, 0) is 9.53 Å². The Morgan fingerprint density at radius 1 is 1.64 bits per heavy atom. The molecule has 0 aliphatic carbocycles. The zero-order valence-corrected chi connectivity index (χ0v) is 9.21. The first kappa shape index (κ1) is 11.7. The number of nitrogens with one attached hydrogen (secondary N) is 1. The molecule has 2 unspecified atom stereocenters. The number of carbonyl (C=O) groups excluding carboxylic acids is 1. The Balaban J connectivity index is 2.24. The third kappa shape index (κ3) is 3.76. The van der Waals surface area contributed by atoms with Crippen molar-refractivity contribution in [3.05, 3.63) is 0 Å². The summed E-state index contributed by atoms with van der Waals surface area (Å²) in [6.07, 6.45) is 2.72. The highest BCUT2D eigenvalue weighted by atomic mass is 16.5. The molecule has 1 aliphatic heterocycles. The highest BCUT2D eigenvalue weighted by molar-refractivity contribution is 5.81. The van der Waals surface area contributed by atoms with Gasteiger partial charge < -0.3 is 10.1 Å². The topological polar surface area (TPSA) is 38.3 Å². The van der Waals surface area contributed by atoms with Crippen LogP contribution in [0.15, 0.2) is 0 Å². The molecule has 1 N–H and O–H groups in total. The van der Waals surface area contributed by atoms with E-state index in [1.54, 1.807) is 0 Å². The van der Waals surface area contributed by atoms with Crippen LogP contribution in [0.4, 0.5) is 0 Å². The van der Waals surface area contributed by atoms with Crippen molar-refractivity contribution >= 4 is 5.78 Å². The summed E-state index contributed by atoms with van der Waals surface area (Å²) >= 11 is 0. The van der Waals surface area contributed by atoms with Gasteiger partial charge in [0.1, 0.15) is 5.78 Å². The first-order valence-electron chi connectivity index (χ1n) is 5.58. The molecule has 0 aromatic carbocycles. The molecule has 0 saturated carbocycles. The number of hydrogen-bond acceptors (Lipinski definition) is 3. The largest absolute Gasteiger partial charge is 0.379 e. The van der Waals surface area contributed by atoms with Gasteiger partial charge in [-0.25, -0.2) is 0 Å². The highest BCUT2D eigenvalue weighted by Gasteiger charge is 2.19. The summed E-state index contributed by atoms with van der Waals surface area (Å²) in [7, 11) is 0. The van der Waals surface area contributed by atoms with Crippen molar-refractivity contribution in [2.24, 2.45) is 5.92 Å². The summed E-state index contributed by atoms with van der Waals surface area (Å²) < 4.78 is 5.31. The molecule has 0 aromatic rings. The second-order valence-electron chi connectivity index (χ2n) is 4.09. The van der Waals surface area contributed by atoms with Gasteiger partial charge in [-0.05, 0) is 6.42 Å². The molecule has 1 saturated heterocycles. The number of ketones is 1. The Morgan fingerprint density at radius 3 is 3.00 bits per heavy atom. The molecule has 0 aromatic heterocycles. The maximum Gasteiger partial charge on any atom is 0.137 e. The molecule has 3 heteroatoms. The van der Waals surface area contributed by atoms with Gasteiger partial charge in [0, 0.05) is 24.9 Å². The lowest BCUT2D eigenvalue weighted by Crippen LogP contribution is -2.43. The molecule has 82 valence electrons. The first-order valence-corrected chi connectivity index (χ1v) is 5.58. The van der Waals surface area contributed by atoms with E-state index >= 15 is 0 Å². The maximum atomic E-state index is 11.7. The fourth-order valence-corrected chi connectivity index (χ4v) is 1.79. The van der Waals surface area contributed by atoms with E-state index in [1.807, 2.05) is 6.92 Å². The molecule has 1 aliphatic rings. The zero-order valence-electron chi connectivity index (χ0n) is 9.21. The van der Waals surface area contributed by atoms with Crippen molar-refractivity contribution in [3.8, 4) is 0 Å². The monoisotopic (exact) mass is 199 g/mol. The molecule has 1 rings (SSSR count). The van der Waals surface area contributed by atoms with E-state index in [0.717, 1.165) is 26.0 Å². The molecule has 1 fully saturated rings. The van der Waals surface area contributed by atoms with Gasteiger partial charge in [-0.2, -0.15) is 0 Å². The van der Waals surface area contributed by atoms with Gasteiger partial charge >= 0.3 is 0 Å². The summed E-state index contributed by atoms with van der Waals surface area (Å²) in [5.41, 5.74) is 0. The molecule has 0 spiro atoms. The predicted molar refractivity (Wildman–Crippen MR) is 56.3 cm³/mol. The van der Waals surface area contributed by atoms with Gasteiger partial charge in [-0.3, -0.25) is 4.79 Å². The second-order valence-corrected chi connectivity index (χ2v) is 4.09. The molecular formula is C11H21NO2. The highest BCUT2D eigenvalue weighted by Crippen LogP contribution is 2.11. The number of rotatable bonds is 5. The zero-order chi connectivity index (χ0) is 10.4. The van der Waals surface area contributed by atoms with Crippen molar-refractivity contribution in [2.75, 3.05) is 19.8 Å². The molecule has 0 bridgehead atoms. The summed E-state index contributed by atoms with van der Waals surface area (Å²) in [5.74, 6) is 0.582. The molecule has 0 radical (unpaired) electrons. The van der Waals surface area contributed by atoms with Crippen molar-refractivity contribution in [3.63, 3.8) is 0 Å². The molecule has 3 nitrogen and oxygen atoms in total. The van der Waals surface area contributed by atoms with Gasteiger partial charge in [0.25, 0.3) is 0 Å². The van der Waals surface area contributed by atoms with Gasteiger partial charge in [-0.15, -0.1) is 0 Å². The lowest BCUT2D eigenvalue weighted by molar-refractivity contribution is -0.123. The van der Waals surface area contributed by atoms with Gasteiger partial charge in [0.05, 0.1) is 13.2 Å². The minimum atomic E-state index is 0.212. The fourth-order valence-electron chi connectivity index (χ4n) is 1.79. The molecule has 0 amide bonds. The van der Waals surface area contributed by atoms with E-state index in [4.69, 9.17) is 4.74 Å². The number of Topliss-reactive ketones (excluding diaryl/α,β-unsaturated/α-hetero) is 1.